The molecule has 0 spiro atoms. The second kappa shape index (κ2) is 3.89. The molecule has 0 aromatic carbocycles. The average Bonchev–Trinajstić information content (AvgIpc) is 1.64. The third kappa shape index (κ3) is 3.08. The van der Waals surface area contributed by atoms with Gasteiger partial charge >= 0.3 is 0 Å². The van der Waals surface area contributed by atoms with E-state index >= 15 is 0 Å². The Morgan fingerprint density at radius 3 is 1.12 bits per heavy atom. The molecule has 8 heavy (non-hydrogen) atoms. The summed E-state index contributed by atoms with van der Waals surface area (Å²) in [5.41, 5.74) is 0. The van der Waals surface area contributed by atoms with Crippen molar-refractivity contribution in [1.82, 2.24) is 0 Å². The fourth-order valence-corrected chi connectivity index (χ4v) is 1.69. The molecular weight excluding hydrogens is 232 g/mol. The van der Waals surface area contributed by atoms with E-state index < -0.39 is 0 Å². The average molecular weight is 244 g/mol. The van der Waals surface area contributed by atoms with Gasteiger partial charge in [-0.1, -0.05) is 52.6 Å². The van der Waals surface area contributed by atoms with Crippen LogP contribution >= 0.6 is 31.9 Å². The van der Waals surface area contributed by atoms with Gasteiger partial charge in [0.2, 0.25) is 0 Å². The summed E-state index contributed by atoms with van der Waals surface area (Å²) in [6.07, 6.45) is 0. The first-order valence-electron chi connectivity index (χ1n) is 2.84. The second-order valence-corrected chi connectivity index (χ2v) is 5.10. The highest BCUT2D eigenvalue weighted by Crippen LogP contribution is 2.20. The first-order valence-corrected chi connectivity index (χ1v) is 4.67. The third-order valence-corrected chi connectivity index (χ3v) is 3.12. The maximum Gasteiger partial charge on any atom is 0.0153 e. The van der Waals surface area contributed by atoms with Crippen molar-refractivity contribution >= 4 is 31.9 Å². The van der Waals surface area contributed by atoms with Crippen molar-refractivity contribution in [2.45, 2.75) is 30.4 Å². The molecule has 0 nitrogen and oxygen atoms in total. The van der Waals surface area contributed by atoms with E-state index in [0.717, 1.165) is 0 Å². The molecule has 0 saturated carbocycles. The standard InChI is InChI=1S/C6H12Br2/c1-4(5(2)7)6(3)8/h4-6H,1-3H3. The van der Waals surface area contributed by atoms with Crippen molar-refractivity contribution in [2.24, 2.45) is 5.92 Å². The highest BCUT2D eigenvalue weighted by Gasteiger charge is 2.12. The molecule has 0 heterocycles. The lowest BCUT2D eigenvalue weighted by atomic mass is 10.1. The van der Waals surface area contributed by atoms with Crippen molar-refractivity contribution in [2.75, 3.05) is 0 Å². The molecule has 0 aromatic heterocycles. The van der Waals surface area contributed by atoms with E-state index in [9.17, 15) is 0 Å². The van der Waals surface area contributed by atoms with Crippen molar-refractivity contribution < 1.29 is 0 Å². The Bertz CT molecular complexity index is 51.5. The van der Waals surface area contributed by atoms with Gasteiger partial charge < -0.3 is 0 Å². The minimum absolute atomic E-state index is 0.608. The molecule has 0 aliphatic rings. The molecule has 0 N–H and O–H groups in total. The predicted octanol–water partition coefficient (Wildman–Crippen LogP) is 3.19. The number of alkyl halides is 2. The summed E-state index contributed by atoms with van der Waals surface area (Å²) in [6.45, 7) is 6.56. The molecule has 0 aromatic rings. The molecule has 0 saturated heterocycles. The van der Waals surface area contributed by atoms with Gasteiger partial charge in [-0.2, -0.15) is 0 Å². The lowest BCUT2D eigenvalue weighted by molar-refractivity contribution is 0.585. The summed E-state index contributed by atoms with van der Waals surface area (Å²) in [7, 11) is 0. The van der Waals surface area contributed by atoms with Crippen LogP contribution in [0.3, 0.4) is 0 Å². The van der Waals surface area contributed by atoms with E-state index in [4.69, 9.17) is 0 Å². The van der Waals surface area contributed by atoms with Crippen LogP contribution in [0, 0.1) is 5.92 Å². The minimum Gasteiger partial charge on any atom is -0.0890 e. The van der Waals surface area contributed by atoms with Crippen molar-refractivity contribution in [3.63, 3.8) is 0 Å². The predicted molar refractivity (Wildman–Crippen MR) is 45.9 cm³/mol. The number of hydrogen-bond donors (Lipinski definition) is 0. The van der Waals surface area contributed by atoms with Gasteiger partial charge in [-0.05, 0) is 5.92 Å². The van der Waals surface area contributed by atoms with Gasteiger partial charge in [0.25, 0.3) is 0 Å². The summed E-state index contributed by atoms with van der Waals surface area (Å²) in [5, 5.41) is 0. The fourth-order valence-electron chi connectivity index (χ4n) is 0.365. The minimum atomic E-state index is 0.608. The molecule has 0 aliphatic heterocycles. The molecule has 0 amide bonds. The molecule has 0 rings (SSSR count). The van der Waals surface area contributed by atoms with E-state index in [-0.39, 0.29) is 0 Å². The van der Waals surface area contributed by atoms with Gasteiger partial charge in [-0.25, -0.2) is 0 Å². The molecule has 2 atom stereocenters. The Morgan fingerprint density at radius 2 is 1.12 bits per heavy atom. The zero-order valence-electron chi connectivity index (χ0n) is 5.49. The Hall–Kier alpha value is 0.960. The van der Waals surface area contributed by atoms with E-state index in [2.05, 4.69) is 52.6 Å². The molecule has 2 heteroatoms. The zero-order valence-corrected chi connectivity index (χ0v) is 8.66. The van der Waals surface area contributed by atoms with Crippen LogP contribution < -0.4 is 0 Å². The zero-order chi connectivity index (χ0) is 6.73. The third-order valence-electron chi connectivity index (χ3n) is 1.45. The second-order valence-electron chi connectivity index (χ2n) is 2.21. The Kier molecular flexibility index (Phi) is 4.35. The summed E-state index contributed by atoms with van der Waals surface area (Å²) >= 11 is 7.02. The number of hydrogen-bond acceptors (Lipinski definition) is 0. The fraction of sp³-hybridized carbons (Fsp3) is 1.00. The van der Waals surface area contributed by atoms with Crippen LogP contribution in [-0.4, -0.2) is 9.65 Å². The first-order chi connectivity index (χ1) is 3.55. The van der Waals surface area contributed by atoms with Crippen molar-refractivity contribution in [1.29, 1.82) is 0 Å². The number of halogens is 2. The summed E-state index contributed by atoms with van der Waals surface area (Å²) in [4.78, 5) is 1.22. The van der Waals surface area contributed by atoms with Crippen LogP contribution in [0.4, 0.5) is 0 Å². The Balaban J connectivity index is 3.46. The lowest BCUT2D eigenvalue weighted by Gasteiger charge is -2.15. The van der Waals surface area contributed by atoms with Crippen LogP contribution in [0.2, 0.25) is 0 Å². The van der Waals surface area contributed by atoms with Gasteiger partial charge in [0.1, 0.15) is 0 Å². The molecule has 0 aliphatic carbocycles. The monoisotopic (exact) mass is 242 g/mol. The van der Waals surface area contributed by atoms with Gasteiger partial charge in [-0.15, -0.1) is 0 Å². The number of rotatable bonds is 2. The van der Waals surface area contributed by atoms with Crippen LogP contribution in [0.1, 0.15) is 20.8 Å². The quantitative estimate of drug-likeness (QED) is 0.654. The highest BCUT2D eigenvalue weighted by atomic mass is 79.9. The van der Waals surface area contributed by atoms with Crippen LogP contribution in [0.15, 0.2) is 0 Å². The van der Waals surface area contributed by atoms with Crippen molar-refractivity contribution in [3.05, 3.63) is 0 Å². The van der Waals surface area contributed by atoms with E-state index in [1.165, 1.54) is 0 Å². The maximum absolute atomic E-state index is 3.51. The SMILES string of the molecule is CC(Br)C(C)C(C)Br. The molecular formula is C6H12Br2. The van der Waals surface area contributed by atoms with Gasteiger partial charge in [0.05, 0.1) is 0 Å². The largest absolute Gasteiger partial charge is 0.0890 e. The van der Waals surface area contributed by atoms with E-state index in [1.54, 1.807) is 0 Å². The molecule has 2 unspecified atom stereocenters. The summed E-state index contributed by atoms with van der Waals surface area (Å²) in [5.74, 6) is 0.704. The van der Waals surface area contributed by atoms with Crippen LogP contribution in [0.5, 0.6) is 0 Å². The molecule has 50 valence electrons. The van der Waals surface area contributed by atoms with E-state index in [1.807, 2.05) is 0 Å². The smallest absolute Gasteiger partial charge is 0.0153 e. The van der Waals surface area contributed by atoms with Gasteiger partial charge in [-0.3, -0.25) is 0 Å². The highest BCUT2D eigenvalue weighted by molar-refractivity contribution is 9.10. The first kappa shape index (κ1) is 8.96. The van der Waals surface area contributed by atoms with Gasteiger partial charge in [0, 0.05) is 9.65 Å². The normalized spacial score (nSPS) is 22.1. The molecule has 0 bridgehead atoms. The summed E-state index contributed by atoms with van der Waals surface area (Å²) < 4.78 is 0. The Labute approximate surface area is 68.3 Å². The maximum atomic E-state index is 3.51. The molecule has 0 radical (unpaired) electrons. The molecule has 0 fully saturated rings. The van der Waals surface area contributed by atoms with Gasteiger partial charge in [0.15, 0.2) is 0 Å². The Morgan fingerprint density at radius 1 is 0.875 bits per heavy atom. The van der Waals surface area contributed by atoms with Crippen LogP contribution in [-0.2, 0) is 0 Å². The van der Waals surface area contributed by atoms with Crippen molar-refractivity contribution in [3.8, 4) is 0 Å². The lowest BCUT2D eigenvalue weighted by Crippen LogP contribution is -2.14. The van der Waals surface area contributed by atoms with Crippen LogP contribution in [0.25, 0.3) is 0 Å². The summed E-state index contributed by atoms with van der Waals surface area (Å²) in [6, 6.07) is 0. The van der Waals surface area contributed by atoms with E-state index in [0.29, 0.717) is 15.6 Å². The topological polar surface area (TPSA) is 0 Å².